The summed E-state index contributed by atoms with van der Waals surface area (Å²) in [4.78, 5) is 0.0970. The molecule has 10 heteroatoms. The predicted molar refractivity (Wildman–Crippen MR) is 101 cm³/mol. The van der Waals surface area contributed by atoms with Gasteiger partial charge in [-0.05, 0) is 30.3 Å². The van der Waals surface area contributed by atoms with Crippen molar-refractivity contribution in [1.29, 1.82) is 0 Å². The molecule has 3 rings (SSSR count). The van der Waals surface area contributed by atoms with Gasteiger partial charge in [-0.15, -0.1) is 11.3 Å². The molecule has 138 valence electrons. The summed E-state index contributed by atoms with van der Waals surface area (Å²) in [5.41, 5.74) is 0.846. The van der Waals surface area contributed by atoms with Crippen LogP contribution in [0.15, 0.2) is 56.7 Å². The Kier molecular flexibility index (Phi) is 4.67. The standard InChI is InChI=1S/C16H17N3O4S3/c1-17-15-6-7-16(24-15)26(22,23)12-4-5-14(25(3,20)21)13(8-12)11-9-18-19(2)10-11/h4-10,17H,1-3H3. The van der Waals surface area contributed by atoms with E-state index >= 15 is 0 Å². The molecule has 0 spiro atoms. The number of benzene rings is 1. The summed E-state index contributed by atoms with van der Waals surface area (Å²) in [6.45, 7) is 0. The van der Waals surface area contributed by atoms with E-state index in [-0.39, 0.29) is 14.0 Å². The number of hydrogen-bond donors (Lipinski definition) is 1. The average Bonchev–Trinajstić information content (AvgIpc) is 3.22. The third-order valence-corrected chi connectivity index (χ3v) is 8.27. The van der Waals surface area contributed by atoms with Crippen molar-refractivity contribution in [2.45, 2.75) is 14.0 Å². The van der Waals surface area contributed by atoms with E-state index < -0.39 is 19.7 Å². The number of aromatic nitrogens is 2. The number of nitrogens with one attached hydrogen (secondary N) is 1. The molecule has 26 heavy (non-hydrogen) atoms. The summed E-state index contributed by atoms with van der Waals surface area (Å²) >= 11 is 1.12. The normalized spacial score (nSPS) is 12.3. The van der Waals surface area contributed by atoms with Gasteiger partial charge in [0.05, 0.1) is 21.0 Å². The van der Waals surface area contributed by atoms with Gasteiger partial charge in [0.25, 0.3) is 0 Å². The van der Waals surface area contributed by atoms with Gasteiger partial charge in [0.15, 0.2) is 9.84 Å². The van der Waals surface area contributed by atoms with E-state index in [1.54, 1.807) is 26.4 Å². The number of rotatable bonds is 5. The third-order valence-electron chi connectivity index (χ3n) is 3.77. The number of nitrogens with zero attached hydrogens (tertiary/aromatic N) is 2. The van der Waals surface area contributed by atoms with Gasteiger partial charge in [-0.2, -0.15) is 5.10 Å². The highest BCUT2D eigenvalue weighted by atomic mass is 32.2. The Balaban J connectivity index is 2.21. The lowest BCUT2D eigenvalue weighted by Crippen LogP contribution is -2.04. The van der Waals surface area contributed by atoms with Crippen LogP contribution in [0.1, 0.15) is 0 Å². The smallest absolute Gasteiger partial charge is 0.216 e. The molecule has 1 N–H and O–H groups in total. The van der Waals surface area contributed by atoms with Crippen molar-refractivity contribution in [3.8, 4) is 11.1 Å². The Hall–Kier alpha value is -2.17. The number of sulfone groups is 2. The molecule has 3 aromatic rings. The van der Waals surface area contributed by atoms with Gasteiger partial charge in [0.2, 0.25) is 9.84 Å². The second-order valence-corrected chi connectivity index (χ2v) is 10.9. The van der Waals surface area contributed by atoms with Crippen LogP contribution >= 0.6 is 11.3 Å². The molecule has 0 saturated heterocycles. The lowest BCUT2D eigenvalue weighted by Gasteiger charge is -2.09. The molecule has 0 amide bonds. The quantitative estimate of drug-likeness (QED) is 0.692. The van der Waals surface area contributed by atoms with Gasteiger partial charge in [-0.25, -0.2) is 16.8 Å². The first-order valence-corrected chi connectivity index (χ1v) is 11.7. The van der Waals surface area contributed by atoms with Crippen LogP contribution in [0.3, 0.4) is 0 Å². The lowest BCUT2D eigenvalue weighted by molar-refractivity contribution is 0.596. The van der Waals surface area contributed by atoms with Gasteiger partial charge in [0.1, 0.15) is 4.21 Å². The van der Waals surface area contributed by atoms with Crippen molar-refractivity contribution in [1.82, 2.24) is 9.78 Å². The van der Waals surface area contributed by atoms with Crippen LogP contribution < -0.4 is 5.32 Å². The van der Waals surface area contributed by atoms with Crippen molar-refractivity contribution in [2.75, 3.05) is 18.6 Å². The van der Waals surface area contributed by atoms with Gasteiger partial charge in [-0.1, -0.05) is 0 Å². The first-order chi connectivity index (χ1) is 12.1. The van der Waals surface area contributed by atoms with Gasteiger partial charge < -0.3 is 5.32 Å². The molecule has 0 atom stereocenters. The Bertz CT molecular complexity index is 1180. The molecular weight excluding hydrogens is 394 g/mol. The van der Waals surface area contributed by atoms with E-state index in [1.807, 2.05) is 0 Å². The minimum Gasteiger partial charge on any atom is -0.380 e. The molecule has 0 bridgehead atoms. The Morgan fingerprint density at radius 2 is 1.85 bits per heavy atom. The van der Waals surface area contributed by atoms with E-state index in [1.165, 1.54) is 35.1 Å². The molecule has 0 fully saturated rings. The average molecular weight is 412 g/mol. The summed E-state index contributed by atoms with van der Waals surface area (Å²) in [6, 6.07) is 7.26. The van der Waals surface area contributed by atoms with Crippen LogP contribution in [0.25, 0.3) is 11.1 Å². The molecule has 0 saturated carbocycles. The highest BCUT2D eigenvalue weighted by Gasteiger charge is 2.24. The fourth-order valence-electron chi connectivity index (χ4n) is 2.50. The molecule has 2 aromatic heterocycles. The SMILES string of the molecule is CNc1ccc(S(=O)(=O)c2ccc(S(C)(=O)=O)c(-c3cnn(C)c3)c2)s1. The van der Waals surface area contributed by atoms with Crippen LogP contribution in [0.5, 0.6) is 0 Å². The summed E-state index contributed by atoms with van der Waals surface area (Å²) in [6.07, 6.45) is 4.24. The zero-order chi connectivity index (χ0) is 19.1. The first-order valence-electron chi connectivity index (χ1n) is 7.49. The third kappa shape index (κ3) is 3.39. The second-order valence-electron chi connectivity index (χ2n) is 5.70. The molecule has 0 aliphatic carbocycles. The fourth-order valence-corrected chi connectivity index (χ4v) is 5.98. The zero-order valence-corrected chi connectivity index (χ0v) is 16.7. The molecule has 0 radical (unpaired) electrons. The molecule has 0 aliphatic rings. The Morgan fingerprint density at radius 3 is 2.38 bits per heavy atom. The van der Waals surface area contributed by atoms with Gasteiger partial charge in [0, 0.05) is 37.7 Å². The summed E-state index contributed by atoms with van der Waals surface area (Å²) in [7, 11) is -3.88. The van der Waals surface area contributed by atoms with E-state index in [2.05, 4.69) is 10.4 Å². The second kappa shape index (κ2) is 6.53. The number of aryl methyl sites for hydroxylation is 1. The molecule has 1 aromatic carbocycles. The van der Waals surface area contributed by atoms with Gasteiger partial charge >= 0.3 is 0 Å². The first kappa shape index (κ1) is 18.6. The number of anilines is 1. The molecule has 0 unspecified atom stereocenters. The molecular formula is C16H17N3O4S3. The molecule has 7 nitrogen and oxygen atoms in total. The maximum atomic E-state index is 12.9. The van der Waals surface area contributed by atoms with Crippen LogP contribution in [0.4, 0.5) is 5.00 Å². The van der Waals surface area contributed by atoms with Crippen LogP contribution in [0, 0.1) is 0 Å². The topological polar surface area (TPSA) is 98.1 Å². The Morgan fingerprint density at radius 1 is 1.12 bits per heavy atom. The Labute approximate surface area is 156 Å². The van der Waals surface area contributed by atoms with Crippen LogP contribution in [0.2, 0.25) is 0 Å². The summed E-state index contributed by atoms with van der Waals surface area (Å²) in [5.74, 6) is 0. The molecule has 0 aliphatic heterocycles. The molecule has 2 heterocycles. The zero-order valence-electron chi connectivity index (χ0n) is 14.3. The largest absolute Gasteiger partial charge is 0.380 e. The minimum absolute atomic E-state index is 0.0354. The maximum Gasteiger partial charge on any atom is 0.216 e. The van der Waals surface area contributed by atoms with Crippen molar-refractivity contribution < 1.29 is 16.8 Å². The van der Waals surface area contributed by atoms with E-state index in [0.717, 1.165) is 22.6 Å². The minimum atomic E-state index is -3.76. The van der Waals surface area contributed by atoms with Crippen LogP contribution in [-0.4, -0.2) is 39.9 Å². The van der Waals surface area contributed by atoms with Crippen molar-refractivity contribution >= 4 is 36.0 Å². The summed E-state index contributed by atoms with van der Waals surface area (Å²) in [5, 5.41) is 7.68. The van der Waals surface area contributed by atoms with Gasteiger partial charge in [-0.3, -0.25) is 4.68 Å². The van der Waals surface area contributed by atoms with Crippen molar-refractivity contribution in [3.63, 3.8) is 0 Å². The van der Waals surface area contributed by atoms with E-state index in [9.17, 15) is 16.8 Å². The predicted octanol–water partition coefficient (Wildman–Crippen LogP) is 2.43. The van der Waals surface area contributed by atoms with E-state index in [4.69, 9.17) is 0 Å². The monoisotopic (exact) mass is 411 g/mol. The highest BCUT2D eigenvalue weighted by molar-refractivity contribution is 7.93. The van der Waals surface area contributed by atoms with Crippen molar-refractivity contribution in [2.24, 2.45) is 7.05 Å². The highest BCUT2D eigenvalue weighted by Crippen LogP contribution is 2.34. The lowest BCUT2D eigenvalue weighted by atomic mass is 10.1. The fraction of sp³-hybridized carbons (Fsp3) is 0.188. The number of hydrogen-bond acceptors (Lipinski definition) is 7. The summed E-state index contributed by atoms with van der Waals surface area (Å²) < 4.78 is 51.8. The maximum absolute atomic E-state index is 12.9. The van der Waals surface area contributed by atoms with Crippen molar-refractivity contribution in [3.05, 3.63) is 42.7 Å². The van der Waals surface area contributed by atoms with E-state index in [0.29, 0.717) is 11.1 Å². The number of thiophene rings is 1. The van der Waals surface area contributed by atoms with Crippen LogP contribution in [-0.2, 0) is 26.7 Å².